The third-order valence-electron chi connectivity index (χ3n) is 3.59. The number of hydrogen-bond acceptors (Lipinski definition) is 3. The van der Waals surface area contributed by atoms with E-state index in [0.29, 0.717) is 19.1 Å². The van der Waals surface area contributed by atoms with Gasteiger partial charge in [0.05, 0.1) is 6.26 Å². The van der Waals surface area contributed by atoms with Gasteiger partial charge in [-0.05, 0) is 24.8 Å². The van der Waals surface area contributed by atoms with Crippen molar-refractivity contribution in [1.29, 1.82) is 0 Å². The van der Waals surface area contributed by atoms with Crippen molar-refractivity contribution in [1.82, 2.24) is 9.62 Å². The van der Waals surface area contributed by atoms with Gasteiger partial charge in [0, 0.05) is 25.7 Å². The maximum absolute atomic E-state index is 11.5. The summed E-state index contributed by atoms with van der Waals surface area (Å²) >= 11 is 0. The molecule has 1 unspecified atom stereocenters. The van der Waals surface area contributed by atoms with E-state index in [0.717, 1.165) is 25.8 Å². The summed E-state index contributed by atoms with van der Waals surface area (Å²) in [6.45, 7) is 2.14. The van der Waals surface area contributed by atoms with Gasteiger partial charge in [0.25, 0.3) is 0 Å². The Balaban J connectivity index is 1.83. The van der Waals surface area contributed by atoms with E-state index in [2.05, 4.69) is 17.4 Å². The van der Waals surface area contributed by atoms with Gasteiger partial charge in [-0.3, -0.25) is 0 Å². The van der Waals surface area contributed by atoms with Crippen LogP contribution in [0.3, 0.4) is 0 Å². The Kier molecular flexibility index (Phi) is 4.96. The molecular weight excluding hydrogens is 260 g/mol. The van der Waals surface area contributed by atoms with E-state index in [1.54, 1.807) is 4.31 Å². The first-order chi connectivity index (χ1) is 9.05. The molecule has 0 aromatic heterocycles. The molecular formula is C14H22N2O2S. The molecule has 1 fully saturated rings. The normalized spacial score (nSPS) is 22.1. The van der Waals surface area contributed by atoms with Crippen LogP contribution in [0.2, 0.25) is 0 Å². The molecule has 2 rings (SSSR count). The van der Waals surface area contributed by atoms with Crippen LogP contribution < -0.4 is 5.32 Å². The maximum atomic E-state index is 11.5. The molecule has 0 bridgehead atoms. The molecule has 5 heteroatoms. The topological polar surface area (TPSA) is 49.4 Å². The standard InChI is InChI=1S/C14H22N2O2S/c1-19(17,18)16-10-5-8-14(9-11-16)15-12-13-6-3-2-4-7-13/h2-4,6-7,14-15H,5,8-12H2,1H3. The first-order valence-electron chi connectivity index (χ1n) is 6.78. The highest BCUT2D eigenvalue weighted by molar-refractivity contribution is 7.88. The van der Waals surface area contributed by atoms with Gasteiger partial charge in [0.2, 0.25) is 10.0 Å². The minimum absolute atomic E-state index is 0.409. The Hall–Kier alpha value is -0.910. The molecule has 1 atom stereocenters. The summed E-state index contributed by atoms with van der Waals surface area (Å²) < 4.78 is 24.7. The SMILES string of the molecule is CS(=O)(=O)N1CCCC(NCc2ccccc2)CC1. The average Bonchev–Trinajstić information content (AvgIpc) is 2.62. The predicted octanol–water partition coefficient (Wildman–Crippen LogP) is 1.59. The summed E-state index contributed by atoms with van der Waals surface area (Å²) in [5.74, 6) is 0. The summed E-state index contributed by atoms with van der Waals surface area (Å²) in [7, 11) is -3.03. The van der Waals surface area contributed by atoms with Crippen molar-refractivity contribution in [3.8, 4) is 0 Å². The van der Waals surface area contributed by atoms with Crippen LogP contribution in [0.25, 0.3) is 0 Å². The Morgan fingerprint density at radius 2 is 1.95 bits per heavy atom. The zero-order valence-corrected chi connectivity index (χ0v) is 12.2. The fourth-order valence-corrected chi connectivity index (χ4v) is 3.36. The minimum Gasteiger partial charge on any atom is -0.310 e. The minimum atomic E-state index is -3.03. The molecule has 1 aromatic carbocycles. The third-order valence-corrected chi connectivity index (χ3v) is 4.90. The van der Waals surface area contributed by atoms with E-state index in [-0.39, 0.29) is 0 Å². The largest absolute Gasteiger partial charge is 0.310 e. The lowest BCUT2D eigenvalue weighted by atomic mass is 10.1. The second-order valence-electron chi connectivity index (χ2n) is 5.16. The molecule has 106 valence electrons. The highest BCUT2D eigenvalue weighted by Gasteiger charge is 2.22. The van der Waals surface area contributed by atoms with Crippen LogP contribution in [0, 0.1) is 0 Å². The van der Waals surface area contributed by atoms with Crippen LogP contribution in [0.1, 0.15) is 24.8 Å². The lowest BCUT2D eigenvalue weighted by Gasteiger charge is -2.18. The molecule has 4 nitrogen and oxygen atoms in total. The van der Waals surface area contributed by atoms with Crippen molar-refractivity contribution in [3.63, 3.8) is 0 Å². The second kappa shape index (κ2) is 6.50. The molecule has 1 aliphatic heterocycles. The molecule has 0 radical (unpaired) electrons. The molecule has 1 aromatic rings. The van der Waals surface area contributed by atoms with Gasteiger partial charge in [0.1, 0.15) is 0 Å². The molecule has 0 aliphatic carbocycles. The second-order valence-corrected chi connectivity index (χ2v) is 7.14. The number of hydrogen-bond donors (Lipinski definition) is 1. The fourth-order valence-electron chi connectivity index (χ4n) is 2.46. The molecule has 1 saturated heterocycles. The zero-order valence-electron chi connectivity index (χ0n) is 11.4. The van der Waals surface area contributed by atoms with Crippen LogP contribution in [0.4, 0.5) is 0 Å². The molecule has 1 aliphatic rings. The Morgan fingerprint density at radius 3 is 2.63 bits per heavy atom. The van der Waals surface area contributed by atoms with Gasteiger partial charge in [-0.2, -0.15) is 0 Å². The summed E-state index contributed by atoms with van der Waals surface area (Å²) in [4.78, 5) is 0. The van der Waals surface area contributed by atoms with Crippen molar-refractivity contribution in [3.05, 3.63) is 35.9 Å². The van der Waals surface area contributed by atoms with E-state index >= 15 is 0 Å². The number of rotatable bonds is 4. The van der Waals surface area contributed by atoms with Crippen molar-refractivity contribution >= 4 is 10.0 Å². The average molecular weight is 282 g/mol. The highest BCUT2D eigenvalue weighted by atomic mass is 32.2. The van der Waals surface area contributed by atoms with Crippen LogP contribution in [-0.4, -0.2) is 38.1 Å². The molecule has 1 N–H and O–H groups in total. The van der Waals surface area contributed by atoms with Crippen LogP contribution in [-0.2, 0) is 16.6 Å². The molecule has 0 saturated carbocycles. The van der Waals surface area contributed by atoms with Crippen molar-refractivity contribution in [2.75, 3.05) is 19.3 Å². The smallest absolute Gasteiger partial charge is 0.211 e. The Morgan fingerprint density at radius 1 is 1.21 bits per heavy atom. The summed E-state index contributed by atoms with van der Waals surface area (Å²) in [5, 5.41) is 3.53. The van der Waals surface area contributed by atoms with Crippen molar-refractivity contribution < 1.29 is 8.42 Å². The van der Waals surface area contributed by atoms with Gasteiger partial charge in [0.15, 0.2) is 0 Å². The summed E-state index contributed by atoms with van der Waals surface area (Å²) in [6, 6.07) is 10.7. The number of nitrogens with one attached hydrogen (secondary N) is 1. The third kappa shape index (κ3) is 4.60. The lowest BCUT2D eigenvalue weighted by Crippen LogP contribution is -2.33. The quantitative estimate of drug-likeness (QED) is 0.912. The zero-order chi connectivity index (χ0) is 13.7. The predicted molar refractivity (Wildman–Crippen MR) is 77.3 cm³/mol. The van der Waals surface area contributed by atoms with E-state index in [1.165, 1.54) is 11.8 Å². The van der Waals surface area contributed by atoms with Gasteiger partial charge in [-0.25, -0.2) is 12.7 Å². The van der Waals surface area contributed by atoms with E-state index in [9.17, 15) is 8.42 Å². The van der Waals surface area contributed by atoms with Crippen LogP contribution >= 0.6 is 0 Å². The van der Waals surface area contributed by atoms with Crippen molar-refractivity contribution in [2.45, 2.75) is 31.8 Å². The number of benzene rings is 1. The molecule has 0 amide bonds. The van der Waals surface area contributed by atoms with Crippen LogP contribution in [0.5, 0.6) is 0 Å². The first kappa shape index (κ1) is 14.5. The summed E-state index contributed by atoms with van der Waals surface area (Å²) in [5.41, 5.74) is 1.27. The summed E-state index contributed by atoms with van der Waals surface area (Å²) in [6.07, 6.45) is 4.16. The van der Waals surface area contributed by atoms with Crippen molar-refractivity contribution in [2.24, 2.45) is 0 Å². The van der Waals surface area contributed by atoms with Gasteiger partial charge in [-0.15, -0.1) is 0 Å². The van der Waals surface area contributed by atoms with E-state index in [1.807, 2.05) is 18.2 Å². The van der Waals surface area contributed by atoms with Gasteiger partial charge >= 0.3 is 0 Å². The van der Waals surface area contributed by atoms with Gasteiger partial charge < -0.3 is 5.32 Å². The molecule has 19 heavy (non-hydrogen) atoms. The van der Waals surface area contributed by atoms with E-state index in [4.69, 9.17) is 0 Å². The molecule has 0 spiro atoms. The monoisotopic (exact) mass is 282 g/mol. The van der Waals surface area contributed by atoms with Crippen LogP contribution in [0.15, 0.2) is 30.3 Å². The lowest BCUT2D eigenvalue weighted by molar-refractivity contribution is 0.416. The van der Waals surface area contributed by atoms with Gasteiger partial charge in [-0.1, -0.05) is 30.3 Å². The maximum Gasteiger partial charge on any atom is 0.211 e. The number of nitrogens with zero attached hydrogens (tertiary/aromatic N) is 1. The first-order valence-corrected chi connectivity index (χ1v) is 8.63. The molecule has 1 heterocycles. The Labute approximate surface area is 115 Å². The number of sulfonamides is 1. The highest BCUT2D eigenvalue weighted by Crippen LogP contribution is 2.14. The fraction of sp³-hybridized carbons (Fsp3) is 0.571. The van der Waals surface area contributed by atoms with E-state index < -0.39 is 10.0 Å². The Bertz CT molecular complexity index is 487.